The molecule has 3 rings (SSSR count). The number of benzene rings is 2. The van der Waals surface area contributed by atoms with Crippen LogP contribution in [0.2, 0.25) is 0 Å². The lowest BCUT2D eigenvalue weighted by atomic mass is 9.84. The summed E-state index contributed by atoms with van der Waals surface area (Å²) in [4.78, 5) is 15.4. The summed E-state index contributed by atoms with van der Waals surface area (Å²) in [6, 6.07) is 11.4. The molecule has 0 amide bonds. The number of carbonyl (C=O) groups excluding carboxylic acids is 1. The van der Waals surface area contributed by atoms with Gasteiger partial charge in [-0.05, 0) is 48.5 Å². The quantitative estimate of drug-likeness (QED) is 0.136. The minimum Gasteiger partial charge on any atom is -0.456 e. The van der Waals surface area contributed by atoms with E-state index in [-0.39, 0.29) is 5.75 Å². The fourth-order valence-corrected chi connectivity index (χ4v) is 3.44. The van der Waals surface area contributed by atoms with Crippen molar-refractivity contribution in [3.63, 3.8) is 0 Å². The Morgan fingerprint density at radius 2 is 1.81 bits per heavy atom. The molecule has 9 nitrogen and oxygen atoms in total. The third-order valence-corrected chi connectivity index (χ3v) is 5.28. The number of nitriles is 1. The summed E-state index contributed by atoms with van der Waals surface area (Å²) >= 11 is 0. The van der Waals surface area contributed by atoms with Crippen molar-refractivity contribution < 1.29 is 32.2 Å². The van der Waals surface area contributed by atoms with E-state index < -0.39 is 52.6 Å². The summed E-state index contributed by atoms with van der Waals surface area (Å²) in [5.41, 5.74) is -5.13. The first-order valence-corrected chi connectivity index (χ1v) is 10.4. The zero-order valence-electron chi connectivity index (χ0n) is 19.2. The maximum absolute atomic E-state index is 15.9. The molecular weight excluding hydrogens is 496 g/mol. The molecule has 37 heavy (non-hydrogen) atoms. The predicted octanol–water partition coefficient (Wildman–Crippen LogP) is 3.04. The van der Waals surface area contributed by atoms with E-state index in [1.54, 1.807) is 0 Å². The highest BCUT2D eigenvalue weighted by molar-refractivity contribution is 6.37. The molecule has 13 heteroatoms. The highest BCUT2D eigenvalue weighted by Crippen LogP contribution is 2.46. The summed E-state index contributed by atoms with van der Waals surface area (Å²) < 4.78 is 65.4. The molecule has 0 aliphatic rings. The van der Waals surface area contributed by atoms with Crippen molar-refractivity contribution in [1.82, 2.24) is 9.99 Å². The molecule has 3 aromatic rings. The molecule has 1 unspecified atom stereocenters. The molecule has 0 radical (unpaired) electrons. The van der Waals surface area contributed by atoms with Gasteiger partial charge in [0.2, 0.25) is 5.84 Å². The standard InChI is InChI=1S/C24H20F4N6O3/c1-14(35)22(33-30)34(31)13-23(36,19-8-4-16(25)10-20(19)26)24(27,28)21-9-7-18(12-32-21)37-17-5-2-15(11-29)3-6-17/h2-10,12,36H,13,30-31H2,1H3/b33-22-. The number of rotatable bonds is 8. The molecule has 0 aliphatic carbocycles. The van der Waals surface area contributed by atoms with Gasteiger partial charge in [-0.3, -0.25) is 14.8 Å². The van der Waals surface area contributed by atoms with Crippen LogP contribution in [0.4, 0.5) is 17.6 Å². The Morgan fingerprint density at radius 3 is 2.32 bits per heavy atom. The number of hydrazine groups is 1. The van der Waals surface area contributed by atoms with Crippen LogP contribution >= 0.6 is 0 Å². The largest absolute Gasteiger partial charge is 0.456 e. The molecule has 0 bridgehead atoms. The molecule has 0 aliphatic heterocycles. The fraction of sp³-hybridized carbons (Fsp3) is 0.167. The molecule has 0 saturated carbocycles. The first-order chi connectivity index (χ1) is 17.4. The minimum absolute atomic E-state index is 0.0374. The van der Waals surface area contributed by atoms with Crippen LogP contribution in [-0.4, -0.2) is 33.3 Å². The number of aliphatic hydroxyl groups is 1. The number of nitrogens with zero attached hydrogens (tertiary/aromatic N) is 4. The number of pyridine rings is 1. The zero-order chi connectivity index (χ0) is 27.4. The van der Waals surface area contributed by atoms with Crippen molar-refractivity contribution in [2.24, 2.45) is 16.8 Å². The molecule has 1 heterocycles. The third-order valence-electron chi connectivity index (χ3n) is 5.28. The molecular formula is C24H20F4N6O3. The second-order valence-corrected chi connectivity index (χ2v) is 7.81. The van der Waals surface area contributed by atoms with Crippen molar-refractivity contribution in [3.05, 3.63) is 89.2 Å². The number of hydrazone groups is 1. The Hall–Kier alpha value is -4.54. The number of alkyl halides is 2. The van der Waals surface area contributed by atoms with E-state index in [1.165, 1.54) is 24.3 Å². The number of aromatic nitrogens is 1. The van der Waals surface area contributed by atoms with E-state index in [0.29, 0.717) is 34.5 Å². The Morgan fingerprint density at radius 1 is 1.16 bits per heavy atom. The smallest absolute Gasteiger partial charge is 0.323 e. The highest BCUT2D eigenvalue weighted by atomic mass is 19.3. The average molecular weight is 516 g/mol. The van der Waals surface area contributed by atoms with Crippen molar-refractivity contribution in [1.29, 1.82) is 5.26 Å². The first-order valence-electron chi connectivity index (χ1n) is 10.4. The maximum Gasteiger partial charge on any atom is 0.323 e. The Kier molecular flexibility index (Phi) is 7.76. The van der Waals surface area contributed by atoms with Crippen molar-refractivity contribution in [2.45, 2.75) is 18.4 Å². The van der Waals surface area contributed by atoms with Crippen LogP contribution in [0.1, 0.15) is 23.7 Å². The van der Waals surface area contributed by atoms with Gasteiger partial charge in [-0.15, -0.1) is 0 Å². The molecule has 0 saturated heterocycles. The summed E-state index contributed by atoms with van der Waals surface area (Å²) in [5.74, 6) is 2.70. The lowest BCUT2D eigenvalue weighted by Gasteiger charge is -2.38. The number of ketones is 1. The van der Waals surface area contributed by atoms with Crippen molar-refractivity contribution in [3.8, 4) is 17.6 Å². The molecule has 1 aromatic heterocycles. The average Bonchev–Trinajstić information content (AvgIpc) is 2.84. The van der Waals surface area contributed by atoms with E-state index in [4.69, 9.17) is 21.7 Å². The third kappa shape index (κ3) is 5.50. The lowest BCUT2D eigenvalue weighted by Crippen LogP contribution is -2.56. The Bertz CT molecular complexity index is 1360. The van der Waals surface area contributed by atoms with Gasteiger partial charge in [-0.2, -0.15) is 19.1 Å². The number of halogens is 4. The van der Waals surface area contributed by atoms with E-state index >= 15 is 8.78 Å². The van der Waals surface area contributed by atoms with Crippen LogP contribution < -0.4 is 16.4 Å². The number of amidine groups is 1. The maximum atomic E-state index is 15.9. The van der Waals surface area contributed by atoms with Gasteiger partial charge in [0.1, 0.15) is 28.8 Å². The van der Waals surface area contributed by atoms with E-state index in [2.05, 4.69) is 10.1 Å². The molecule has 0 spiro atoms. The van der Waals surface area contributed by atoms with Crippen LogP contribution in [0.15, 0.2) is 65.9 Å². The number of ether oxygens (including phenoxy) is 1. The monoisotopic (exact) mass is 516 g/mol. The molecule has 0 fully saturated rings. The normalized spacial score (nSPS) is 13.4. The highest BCUT2D eigenvalue weighted by Gasteiger charge is 2.58. The van der Waals surface area contributed by atoms with Gasteiger partial charge in [0.05, 0.1) is 24.4 Å². The van der Waals surface area contributed by atoms with Gasteiger partial charge >= 0.3 is 5.92 Å². The van der Waals surface area contributed by atoms with Crippen LogP contribution in [0.5, 0.6) is 11.5 Å². The fourth-order valence-electron chi connectivity index (χ4n) is 3.44. The molecule has 5 N–H and O–H groups in total. The van der Waals surface area contributed by atoms with Crippen LogP contribution in [-0.2, 0) is 16.3 Å². The van der Waals surface area contributed by atoms with Gasteiger partial charge in [0, 0.05) is 18.6 Å². The molecule has 2 aromatic carbocycles. The number of hydrogen-bond acceptors (Lipinski definition) is 8. The second kappa shape index (κ2) is 10.6. The van der Waals surface area contributed by atoms with Gasteiger partial charge in [0.25, 0.3) is 0 Å². The van der Waals surface area contributed by atoms with Crippen molar-refractivity contribution in [2.75, 3.05) is 6.54 Å². The molecule has 1 atom stereocenters. The van der Waals surface area contributed by atoms with E-state index in [9.17, 15) is 18.7 Å². The van der Waals surface area contributed by atoms with Crippen LogP contribution in [0, 0.1) is 23.0 Å². The number of Topliss-reactive ketones (excluding diaryl/α,β-unsaturated/α-hetero) is 1. The minimum atomic E-state index is -4.35. The van der Waals surface area contributed by atoms with E-state index in [0.717, 1.165) is 25.3 Å². The lowest BCUT2D eigenvalue weighted by molar-refractivity contribution is -0.204. The molecule has 192 valence electrons. The topological polar surface area (TPSA) is 151 Å². The number of hydrogen-bond donors (Lipinski definition) is 3. The van der Waals surface area contributed by atoms with Gasteiger partial charge < -0.3 is 15.7 Å². The van der Waals surface area contributed by atoms with Gasteiger partial charge in [-0.25, -0.2) is 14.6 Å². The van der Waals surface area contributed by atoms with Crippen molar-refractivity contribution >= 4 is 11.6 Å². The van der Waals surface area contributed by atoms with Gasteiger partial charge in [-0.1, -0.05) is 0 Å². The predicted molar refractivity (Wildman–Crippen MR) is 123 cm³/mol. The zero-order valence-corrected chi connectivity index (χ0v) is 19.2. The summed E-state index contributed by atoms with van der Waals surface area (Å²) in [6.07, 6.45) is 0.936. The van der Waals surface area contributed by atoms with Crippen LogP contribution in [0.3, 0.4) is 0 Å². The second-order valence-electron chi connectivity index (χ2n) is 7.81. The van der Waals surface area contributed by atoms with Gasteiger partial charge in [0.15, 0.2) is 11.4 Å². The summed E-state index contributed by atoms with van der Waals surface area (Å²) in [7, 11) is 0. The summed E-state index contributed by atoms with van der Waals surface area (Å²) in [6.45, 7) is -0.293. The Balaban J connectivity index is 2.02. The summed E-state index contributed by atoms with van der Waals surface area (Å²) in [5, 5.41) is 23.6. The Labute approximate surface area is 208 Å². The first kappa shape index (κ1) is 27.1. The SMILES string of the molecule is CC(=O)/C(=N/N)N(N)CC(O)(c1ccc(F)cc1F)C(F)(F)c1ccc(Oc2ccc(C#N)cc2)cn1. The number of nitrogens with two attached hydrogens (primary N) is 2. The van der Waals surface area contributed by atoms with E-state index in [1.807, 2.05) is 6.07 Å². The van der Waals surface area contributed by atoms with Crippen LogP contribution in [0.25, 0.3) is 0 Å². The number of carbonyl (C=O) groups is 1.